The van der Waals surface area contributed by atoms with E-state index in [4.69, 9.17) is 14.2 Å². The van der Waals surface area contributed by atoms with Gasteiger partial charge in [0.15, 0.2) is 11.5 Å². The second-order valence-corrected chi connectivity index (χ2v) is 6.91. The van der Waals surface area contributed by atoms with E-state index in [2.05, 4.69) is 12.1 Å². The van der Waals surface area contributed by atoms with E-state index in [0.717, 1.165) is 48.7 Å². The van der Waals surface area contributed by atoms with Crippen molar-refractivity contribution in [3.63, 3.8) is 0 Å². The van der Waals surface area contributed by atoms with E-state index in [9.17, 15) is 4.79 Å². The predicted octanol–water partition coefficient (Wildman–Crippen LogP) is 3.06. The summed E-state index contributed by atoms with van der Waals surface area (Å²) in [5.41, 5.74) is 2.26. The smallest absolute Gasteiger partial charge is 0.231 e. The van der Waals surface area contributed by atoms with E-state index in [1.165, 1.54) is 5.56 Å². The maximum Gasteiger partial charge on any atom is 0.231 e. The number of benzene rings is 2. The molecule has 0 aromatic heterocycles. The van der Waals surface area contributed by atoms with Crippen molar-refractivity contribution in [3.8, 4) is 17.2 Å². The summed E-state index contributed by atoms with van der Waals surface area (Å²) < 4.78 is 15.9. The lowest BCUT2D eigenvalue weighted by atomic mass is 9.99. The molecule has 2 aromatic carbocycles. The van der Waals surface area contributed by atoms with Crippen LogP contribution in [-0.2, 0) is 17.6 Å². The topological polar surface area (TPSA) is 48.0 Å². The summed E-state index contributed by atoms with van der Waals surface area (Å²) in [6.07, 6.45) is 2.46. The number of hydrogen-bond donors (Lipinski definition) is 0. The zero-order valence-corrected chi connectivity index (χ0v) is 14.9. The first kappa shape index (κ1) is 16.8. The van der Waals surface area contributed by atoms with Gasteiger partial charge in [-0.15, -0.1) is 0 Å². The van der Waals surface area contributed by atoms with Crippen molar-refractivity contribution in [3.05, 3.63) is 53.6 Å². The first-order valence-corrected chi connectivity index (χ1v) is 9.00. The van der Waals surface area contributed by atoms with Crippen LogP contribution in [0.4, 0.5) is 0 Å². The molecule has 1 saturated heterocycles. The molecule has 1 amide bonds. The molecule has 2 aliphatic rings. The summed E-state index contributed by atoms with van der Waals surface area (Å²) in [4.78, 5) is 14.6. The molecule has 5 heteroatoms. The molecule has 1 fully saturated rings. The minimum absolute atomic E-state index is 0.182. The molecular weight excluding hydrogens is 330 g/mol. The van der Waals surface area contributed by atoms with Crippen molar-refractivity contribution >= 4 is 5.91 Å². The molecule has 0 spiro atoms. The lowest BCUT2D eigenvalue weighted by molar-refractivity contribution is -0.129. The Kier molecular flexibility index (Phi) is 4.69. The van der Waals surface area contributed by atoms with Crippen LogP contribution in [0, 0.1) is 5.92 Å². The van der Waals surface area contributed by atoms with Crippen molar-refractivity contribution in [2.24, 2.45) is 5.92 Å². The number of hydrogen-bond acceptors (Lipinski definition) is 4. The maximum atomic E-state index is 12.6. The molecule has 0 bridgehead atoms. The van der Waals surface area contributed by atoms with E-state index in [1.54, 1.807) is 7.11 Å². The average Bonchev–Trinajstić information content (AvgIpc) is 3.31. The largest absolute Gasteiger partial charge is 0.497 e. The lowest BCUT2D eigenvalue weighted by Gasteiger charge is -2.17. The van der Waals surface area contributed by atoms with Gasteiger partial charge >= 0.3 is 0 Å². The molecule has 0 aliphatic carbocycles. The molecule has 0 radical (unpaired) electrons. The van der Waals surface area contributed by atoms with Crippen molar-refractivity contribution in [2.45, 2.75) is 19.3 Å². The number of methoxy groups -OCH3 is 1. The van der Waals surface area contributed by atoms with E-state index >= 15 is 0 Å². The molecule has 26 heavy (non-hydrogen) atoms. The van der Waals surface area contributed by atoms with E-state index in [0.29, 0.717) is 12.3 Å². The molecule has 4 rings (SSSR count). The first-order valence-electron chi connectivity index (χ1n) is 9.00. The Morgan fingerprint density at radius 3 is 2.69 bits per heavy atom. The van der Waals surface area contributed by atoms with E-state index < -0.39 is 0 Å². The Morgan fingerprint density at radius 1 is 1.12 bits per heavy atom. The fourth-order valence-corrected chi connectivity index (χ4v) is 3.66. The third kappa shape index (κ3) is 3.62. The van der Waals surface area contributed by atoms with Gasteiger partial charge < -0.3 is 19.1 Å². The Balaban J connectivity index is 1.32. The zero-order valence-electron chi connectivity index (χ0n) is 14.9. The minimum Gasteiger partial charge on any atom is -0.497 e. The summed E-state index contributed by atoms with van der Waals surface area (Å²) in [5.74, 6) is 3.06. The quantitative estimate of drug-likeness (QED) is 0.829. The summed E-state index contributed by atoms with van der Waals surface area (Å²) in [5, 5.41) is 0. The van der Waals surface area contributed by atoms with Crippen LogP contribution < -0.4 is 14.2 Å². The van der Waals surface area contributed by atoms with Crippen LogP contribution in [0.25, 0.3) is 0 Å². The van der Waals surface area contributed by atoms with Gasteiger partial charge in [-0.25, -0.2) is 0 Å². The van der Waals surface area contributed by atoms with Gasteiger partial charge in [-0.3, -0.25) is 4.79 Å². The van der Waals surface area contributed by atoms with Crippen molar-refractivity contribution < 1.29 is 19.0 Å². The molecule has 136 valence electrons. The fraction of sp³-hybridized carbons (Fsp3) is 0.381. The van der Waals surface area contributed by atoms with Gasteiger partial charge in [0.25, 0.3) is 0 Å². The highest BCUT2D eigenvalue weighted by molar-refractivity contribution is 5.79. The third-order valence-corrected chi connectivity index (χ3v) is 5.11. The number of amides is 1. The molecule has 1 atom stereocenters. The van der Waals surface area contributed by atoms with Crippen LogP contribution in [0.3, 0.4) is 0 Å². The Labute approximate surface area is 153 Å². The van der Waals surface area contributed by atoms with Crippen LogP contribution in [0.15, 0.2) is 42.5 Å². The summed E-state index contributed by atoms with van der Waals surface area (Å²) in [7, 11) is 1.68. The standard InChI is InChI=1S/C21H23NO4/c1-24-18-5-2-15(3-6-18)10-17-8-9-22(13-17)21(23)12-16-4-7-19-20(11-16)26-14-25-19/h2-7,11,17H,8-10,12-14H2,1H3. The molecule has 5 nitrogen and oxygen atoms in total. The van der Waals surface area contributed by atoms with Crippen molar-refractivity contribution in [2.75, 3.05) is 27.0 Å². The highest BCUT2D eigenvalue weighted by atomic mass is 16.7. The fourth-order valence-electron chi connectivity index (χ4n) is 3.66. The number of ether oxygens (including phenoxy) is 3. The van der Waals surface area contributed by atoms with Gasteiger partial charge in [-0.1, -0.05) is 18.2 Å². The monoisotopic (exact) mass is 353 g/mol. The third-order valence-electron chi connectivity index (χ3n) is 5.11. The molecule has 0 saturated carbocycles. The van der Waals surface area contributed by atoms with Crippen LogP contribution in [0.5, 0.6) is 17.2 Å². The van der Waals surface area contributed by atoms with Crippen LogP contribution >= 0.6 is 0 Å². The Bertz CT molecular complexity index is 787. The number of carbonyl (C=O) groups is 1. The number of rotatable bonds is 5. The number of fused-ring (bicyclic) bond motifs is 1. The SMILES string of the molecule is COc1ccc(CC2CCN(C(=O)Cc3ccc4c(c3)OCO4)C2)cc1. The van der Waals surface area contributed by atoms with E-state index in [-0.39, 0.29) is 12.7 Å². The highest BCUT2D eigenvalue weighted by Gasteiger charge is 2.26. The van der Waals surface area contributed by atoms with E-state index in [1.807, 2.05) is 35.2 Å². The predicted molar refractivity (Wildman–Crippen MR) is 97.7 cm³/mol. The molecule has 0 N–H and O–H groups in total. The van der Waals surface area contributed by atoms with Gasteiger partial charge in [0, 0.05) is 13.1 Å². The first-order chi connectivity index (χ1) is 12.7. The van der Waals surface area contributed by atoms with Crippen LogP contribution in [0.1, 0.15) is 17.5 Å². The van der Waals surface area contributed by atoms with Gasteiger partial charge in [0.05, 0.1) is 13.5 Å². The molecule has 2 aliphatic heterocycles. The summed E-state index contributed by atoms with van der Waals surface area (Å²) in [6, 6.07) is 13.9. The molecule has 1 unspecified atom stereocenters. The lowest BCUT2D eigenvalue weighted by Crippen LogP contribution is -2.30. The number of likely N-dealkylation sites (tertiary alicyclic amines) is 1. The van der Waals surface area contributed by atoms with Gasteiger partial charge in [0.1, 0.15) is 5.75 Å². The van der Waals surface area contributed by atoms with Gasteiger partial charge in [-0.05, 0) is 54.2 Å². The zero-order chi connectivity index (χ0) is 17.9. The normalized spacial score (nSPS) is 18.2. The molecule has 2 aromatic rings. The average molecular weight is 353 g/mol. The van der Waals surface area contributed by atoms with Gasteiger partial charge in [0.2, 0.25) is 12.7 Å². The van der Waals surface area contributed by atoms with Crippen LogP contribution in [-0.4, -0.2) is 37.8 Å². The van der Waals surface area contributed by atoms with Crippen molar-refractivity contribution in [1.82, 2.24) is 4.90 Å². The highest BCUT2D eigenvalue weighted by Crippen LogP contribution is 2.33. The Morgan fingerprint density at radius 2 is 1.88 bits per heavy atom. The molecule has 2 heterocycles. The second kappa shape index (κ2) is 7.28. The summed E-state index contributed by atoms with van der Waals surface area (Å²) >= 11 is 0. The van der Waals surface area contributed by atoms with Crippen LogP contribution in [0.2, 0.25) is 0 Å². The Hall–Kier alpha value is -2.69. The minimum atomic E-state index is 0.182. The summed E-state index contributed by atoms with van der Waals surface area (Å²) in [6.45, 7) is 1.92. The van der Waals surface area contributed by atoms with Gasteiger partial charge in [-0.2, -0.15) is 0 Å². The number of carbonyl (C=O) groups excluding carboxylic acids is 1. The number of nitrogens with zero attached hydrogens (tertiary/aromatic N) is 1. The van der Waals surface area contributed by atoms with Crippen molar-refractivity contribution in [1.29, 1.82) is 0 Å². The maximum absolute atomic E-state index is 12.6. The second-order valence-electron chi connectivity index (χ2n) is 6.91. The molecular formula is C21H23NO4.